The van der Waals surface area contributed by atoms with E-state index in [0.29, 0.717) is 5.82 Å². The van der Waals surface area contributed by atoms with Crippen molar-refractivity contribution in [2.75, 3.05) is 5.73 Å². The number of nitrogens with two attached hydrogens (primary N) is 1. The Morgan fingerprint density at radius 3 is 2.67 bits per heavy atom. The van der Waals surface area contributed by atoms with Crippen LogP contribution in [-0.4, -0.2) is 20.0 Å². The fraction of sp³-hybridized carbons (Fsp3) is 0.222. The molecule has 2 heterocycles. The average molecular weight is 221 g/mol. The number of hydrogen-bond donors (Lipinski definition) is 1. The summed E-state index contributed by atoms with van der Waals surface area (Å²) in [5.41, 5.74) is 6.44. The highest BCUT2D eigenvalue weighted by molar-refractivity contribution is 7.99. The van der Waals surface area contributed by atoms with Crippen molar-refractivity contribution in [1.82, 2.24) is 20.0 Å². The van der Waals surface area contributed by atoms with Gasteiger partial charge in [0.25, 0.3) is 0 Å². The van der Waals surface area contributed by atoms with Gasteiger partial charge in [-0.2, -0.15) is 5.10 Å². The van der Waals surface area contributed by atoms with Crippen molar-refractivity contribution >= 4 is 17.6 Å². The van der Waals surface area contributed by atoms with Crippen LogP contribution in [0, 0.1) is 6.92 Å². The Balaban J connectivity index is 2.21. The van der Waals surface area contributed by atoms with Crippen LogP contribution in [0.25, 0.3) is 0 Å². The molecule has 2 aromatic rings. The van der Waals surface area contributed by atoms with Crippen molar-refractivity contribution in [2.45, 2.75) is 17.0 Å². The number of nitrogen functional groups attached to an aromatic ring is 1. The molecule has 0 saturated carbocycles. The number of hydrogen-bond acceptors (Lipinski definition) is 5. The average Bonchev–Trinajstić information content (AvgIpc) is 2.49. The molecule has 0 unspecified atom stereocenters. The molecular weight excluding hydrogens is 210 g/mol. The molecule has 0 aliphatic carbocycles. The first-order chi connectivity index (χ1) is 7.15. The third-order valence-electron chi connectivity index (χ3n) is 1.83. The van der Waals surface area contributed by atoms with E-state index in [0.717, 1.165) is 15.7 Å². The zero-order valence-electron chi connectivity index (χ0n) is 8.51. The maximum Gasteiger partial charge on any atom is 0.146 e. The van der Waals surface area contributed by atoms with Gasteiger partial charge in [0, 0.05) is 7.05 Å². The Labute approximate surface area is 91.7 Å². The van der Waals surface area contributed by atoms with Gasteiger partial charge in [-0.15, -0.1) is 10.2 Å². The van der Waals surface area contributed by atoms with Crippen molar-refractivity contribution in [3.63, 3.8) is 0 Å². The second-order valence-electron chi connectivity index (χ2n) is 3.15. The monoisotopic (exact) mass is 221 g/mol. The minimum Gasteiger partial charge on any atom is -0.382 e. The lowest BCUT2D eigenvalue weighted by Crippen LogP contribution is -1.95. The molecule has 15 heavy (non-hydrogen) atoms. The molecule has 2 aromatic heterocycles. The lowest BCUT2D eigenvalue weighted by molar-refractivity contribution is 0.691. The fourth-order valence-electron chi connectivity index (χ4n) is 1.17. The van der Waals surface area contributed by atoms with Crippen molar-refractivity contribution in [3.8, 4) is 0 Å². The summed E-state index contributed by atoms with van der Waals surface area (Å²) >= 11 is 1.52. The molecule has 0 radical (unpaired) electrons. The van der Waals surface area contributed by atoms with Crippen LogP contribution in [-0.2, 0) is 7.05 Å². The van der Waals surface area contributed by atoms with Crippen molar-refractivity contribution < 1.29 is 0 Å². The molecule has 2 N–H and O–H groups in total. The van der Waals surface area contributed by atoms with Gasteiger partial charge in [0.1, 0.15) is 15.9 Å². The molecule has 0 bridgehead atoms. The molecule has 2 rings (SSSR count). The number of aryl methyl sites for hydroxylation is 2. The molecule has 0 atom stereocenters. The Morgan fingerprint density at radius 2 is 2.13 bits per heavy atom. The maximum atomic E-state index is 5.45. The molecule has 0 saturated heterocycles. The summed E-state index contributed by atoms with van der Waals surface area (Å²) in [7, 11) is 1.90. The lowest BCUT2D eigenvalue weighted by atomic mass is 10.5. The van der Waals surface area contributed by atoms with Gasteiger partial charge in [-0.05, 0) is 36.9 Å². The van der Waals surface area contributed by atoms with Gasteiger partial charge in [-0.25, -0.2) is 0 Å². The third-order valence-corrected chi connectivity index (χ3v) is 2.85. The number of rotatable bonds is 2. The van der Waals surface area contributed by atoms with Gasteiger partial charge >= 0.3 is 0 Å². The minimum absolute atomic E-state index is 0.431. The number of aromatic nitrogens is 4. The van der Waals surface area contributed by atoms with Gasteiger partial charge in [0.15, 0.2) is 0 Å². The van der Waals surface area contributed by atoms with E-state index in [4.69, 9.17) is 5.73 Å². The molecule has 6 heteroatoms. The minimum atomic E-state index is 0.431. The van der Waals surface area contributed by atoms with E-state index in [1.807, 2.05) is 30.8 Å². The fourth-order valence-corrected chi connectivity index (χ4v) is 2.01. The first kappa shape index (κ1) is 9.97. The highest BCUT2D eigenvalue weighted by Crippen LogP contribution is 2.25. The van der Waals surface area contributed by atoms with E-state index < -0.39 is 0 Å². The van der Waals surface area contributed by atoms with Crippen LogP contribution >= 0.6 is 11.8 Å². The Bertz CT molecular complexity index is 462. The van der Waals surface area contributed by atoms with E-state index in [1.54, 1.807) is 6.07 Å². The Kier molecular flexibility index (Phi) is 2.59. The van der Waals surface area contributed by atoms with Crippen LogP contribution in [0.5, 0.6) is 0 Å². The van der Waals surface area contributed by atoms with Crippen LogP contribution in [0.4, 0.5) is 5.82 Å². The zero-order valence-corrected chi connectivity index (χ0v) is 9.32. The molecule has 0 amide bonds. The highest BCUT2D eigenvalue weighted by Gasteiger charge is 2.05. The summed E-state index contributed by atoms with van der Waals surface area (Å²) in [6, 6.07) is 5.58. The van der Waals surface area contributed by atoms with Crippen molar-refractivity contribution in [1.29, 1.82) is 0 Å². The summed E-state index contributed by atoms with van der Waals surface area (Å²) in [6.45, 7) is 1.96. The van der Waals surface area contributed by atoms with E-state index in [1.165, 1.54) is 11.8 Å². The molecule has 78 valence electrons. The molecule has 0 aromatic carbocycles. The molecular formula is C9H11N5S. The summed E-state index contributed by atoms with van der Waals surface area (Å²) in [5.74, 6) is 0.431. The van der Waals surface area contributed by atoms with Gasteiger partial charge in [0.05, 0.1) is 5.69 Å². The predicted molar refractivity (Wildman–Crippen MR) is 58.5 cm³/mol. The quantitative estimate of drug-likeness (QED) is 0.826. The highest BCUT2D eigenvalue weighted by atomic mass is 32.2. The van der Waals surface area contributed by atoms with Gasteiger partial charge in [0.2, 0.25) is 0 Å². The van der Waals surface area contributed by atoms with Crippen LogP contribution in [0.3, 0.4) is 0 Å². The van der Waals surface area contributed by atoms with Crippen LogP contribution in [0.1, 0.15) is 5.69 Å². The zero-order chi connectivity index (χ0) is 10.8. The molecule has 0 spiro atoms. The molecule has 5 nitrogen and oxygen atoms in total. The van der Waals surface area contributed by atoms with Crippen molar-refractivity contribution in [3.05, 3.63) is 23.9 Å². The van der Waals surface area contributed by atoms with Crippen LogP contribution < -0.4 is 5.73 Å². The van der Waals surface area contributed by atoms with E-state index in [2.05, 4.69) is 15.3 Å². The molecule has 0 fully saturated rings. The molecule has 0 aliphatic rings. The maximum absolute atomic E-state index is 5.45. The summed E-state index contributed by atoms with van der Waals surface area (Å²) in [6.07, 6.45) is 0. The van der Waals surface area contributed by atoms with Gasteiger partial charge in [-0.3, -0.25) is 4.68 Å². The first-order valence-corrected chi connectivity index (χ1v) is 5.24. The summed E-state index contributed by atoms with van der Waals surface area (Å²) in [4.78, 5) is 0. The SMILES string of the molecule is Cc1cc(Sc2ccc(N)nn2)n(C)n1. The Hall–Kier alpha value is -1.56. The smallest absolute Gasteiger partial charge is 0.146 e. The van der Waals surface area contributed by atoms with Gasteiger partial charge in [-0.1, -0.05) is 0 Å². The van der Waals surface area contributed by atoms with Crippen molar-refractivity contribution in [2.24, 2.45) is 7.05 Å². The standard InChI is InChI=1S/C9H11N5S/c1-6-5-9(14(2)13-6)15-8-4-3-7(10)11-12-8/h3-5H,1-2H3,(H2,10,11). The third kappa shape index (κ3) is 2.27. The van der Waals surface area contributed by atoms with E-state index in [9.17, 15) is 0 Å². The first-order valence-electron chi connectivity index (χ1n) is 4.43. The van der Waals surface area contributed by atoms with Crippen LogP contribution in [0.2, 0.25) is 0 Å². The van der Waals surface area contributed by atoms with E-state index in [-0.39, 0.29) is 0 Å². The summed E-state index contributed by atoms with van der Waals surface area (Å²) < 4.78 is 1.82. The Morgan fingerprint density at radius 1 is 1.33 bits per heavy atom. The number of nitrogens with zero attached hydrogens (tertiary/aromatic N) is 4. The predicted octanol–water partition coefficient (Wildman–Crippen LogP) is 1.25. The van der Waals surface area contributed by atoms with Gasteiger partial charge < -0.3 is 5.73 Å². The largest absolute Gasteiger partial charge is 0.382 e. The second kappa shape index (κ2) is 3.90. The molecule has 0 aliphatic heterocycles. The van der Waals surface area contributed by atoms with Crippen LogP contribution in [0.15, 0.2) is 28.3 Å². The lowest BCUT2D eigenvalue weighted by Gasteiger charge is -1.99. The topological polar surface area (TPSA) is 69.6 Å². The second-order valence-corrected chi connectivity index (χ2v) is 4.19. The van der Waals surface area contributed by atoms with E-state index >= 15 is 0 Å². The number of anilines is 1. The normalized spacial score (nSPS) is 10.5. The summed E-state index contributed by atoms with van der Waals surface area (Å²) in [5, 5.41) is 13.9.